The molecule has 0 saturated heterocycles. The summed E-state index contributed by atoms with van der Waals surface area (Å²) in [5.41, 5.74) is 6.03. The third-order valence-electron chi connectivity index (χ3n) is 4.31. The largest absolute Gasteiger partial charge is 0.395 e. The topological polar surface area (TPSA) is 66.6 Å². The fourth-order valence-corrected chi connectivity index (χ4v) is 3.02. The molecule has 0 aromatic rings. The number of carbonyl (C=O) groups is 1. The third-order valence-corrected chi connectivity index (χ3v) is 4.31. The number of nitrogens with two attached hydrogens (primary N) is 1. The van der Waals surface area contributed by atoms with E-state index in [1.807, 2.05) is 4.90 Å². The van der Waals surface area contributed by atoms with E-state index < -0.39 is 0 Å². The predicted octanol–water partition coefficient (Wildman–Crippen LogP) is 1.27. The zero-order chi connectivity index (χ0) is 13.0. The number of carbonyl (C=O) groups excluding carboxylic acids is 1. The van der Waals surface area contributed by atoms with Crippen molar-refractivity contribution in [1.82, 2.24) is 4.90 Å². The second kappa shape index (κ2) is 6.53. The average molecular weight is 254 g/mol. The van der Waals surface area contributed by atoms with Gasteiger partial charge in [-0.2, -0.15) is 0 Å². The van der Waals surface area contributed by atoms with E-state index in [1.54, 1.807) is 0 Å². The number of rotatable bonds is 6. The van der Waals surface area contributed by atoms with E-state index in [2.05, 4.69) is 0 Å². The van der Waals surface area contributed by atoms with Gasteiger partial charge in [-0.05, 0) is 31.6 Å². The molecule has 4 nitrogen and oxygen atoms in total. The summed E-state index contributed by atoms with van der Waals surface area (Å²) >= 11 is 0. The molecule has 0 spiro atoms. The van der Waals surface area contributed by atoms with E-state index in [0.29, 0.717) is 24.9 Å². The lowest BCUT2D eigenvalue weighted by atomic mass is 9.93. The maximum Gasteiger partial charge on any atom is 0.224 e. The fraction of sp³-hybridized carbons (Fsp3) is 0.929. The molecule has 18 heavy (non-hydrogen) atoms. The molecule has 2 aliphatic carbocycles. The van der Waals surface area contributed by atoms with Crippen molar-refractivity contribution in [3.63, 3.8) is 0 Å². The Morgan fingerprint density at radius 2 is 1.89 bits per heavy atom. The Kier molecular flexibility index (Phi) is 5.01. The van der Waals surface area contributed by atoms with Crippen molar-refractivity contribution in [2.45, 2.75) is 63.5 Å². The lowest BCUT2D eigenvalue weighted by molar-refractivity contribution is -0.135. The highest BCUT2D eigenvalue weighted by Gasteiger charge is 2.32. The second-order valence-corrected chi connectivity index (χ2v) is 5.81. The summed E-state index contributed by atoms with van der Waals surface area (Å²) in [7, 11) is 0. The van der Waals surface area contributed by atoms with Crippen LogP contribution >= 0.6 is 0 Å². The molecule has 0 radical (unpaired) electrons. The number of hydrogen-bond acceptors (Lipinski definition) is 3. The van der Waals surface area contributed by atoms with Crippen molar-refractivity contribution >= 4 is 5.91 Å². The van der Waals surface area contributed by atoms with E-state index in [4.69, 9.17) is 10.8 Å². The Morgan fingerprint density at radius 1 is 1.22 bits per heavy atom. The highest BCUT2D eigenvalue weighted by molar-refractivity contribution is 5.77. The molecular weight excluding hydrogens is 228 g/mol. The Hall–Kier alpha value is -0.610. The van der Waals surface area contributed by atoms with Crippen LogP contribution < -0.4 is 5.73 Å². The number of nitrogens with zero attached hydrogens (tertiary/aromatic N) is 1. The number of aliphatic hydroxyl groups is 1. The van der Waals surface area contributed by atoms with E-state index in [1.165, 1.54) is 32.1 Å². The van der Waals surface area contributed by atoms with Gasteiger partial charge in [-0.1, -0.05) is 19.3 Å². The third kappa shape index (κ3) is 3.69. The van der Waals surface area contributed by atoms with Crippen LogP contribution in [0.25, 0.3) is 0 Å². The molecule has 0 heterocycles. The molecule has 0 aromatic carbocycles. The molecule has 2 fully saturated rings. The van der Waals surface area contributed by atoms with E-state index in [0.717, 1.165) is 12.8 Å². The molecule has 0 aliphatic heterocycles. The number of hydrogen-bond donors (Lipinski definition) is 2. The zero-order valence-electron chi connectivity index (χ0n) is 11.2. The molecule has 2 saturated carbocycles. The minimum absolute atomic E-state index is 0.0299. The van der Waals surface area contributed by atoms with Gasteiger partial charge in [0.25, 0.3) is 0 Å². The standard InChI is InChI=1S/C14H26N2O2/c15-13(11-6-7-11)10-14(18)16(8-9-17)12-4-2-1-3-5-12/h11-13,17H,1-10,15H2. The van der Waals surface area contributed by atoms with Gasteiger partial charge in [0.15, 0.2) is 0 Å². The highest BCUT2D eigenvalue weighted by Crippen LogP contribution is 2.33. The van der Waals surface area contributed by atoms with Crippen LogP contribution in [0.3, 0.4) is 0 Å². The molecule has 2 aliphatic rings. The minimum Gasteiger partial charge on any atom is -0.395 e. The maximum absolute atomic E-state index is 12.3. The van der Waals surface area contributed by atoms with Crippen molar-refractivity contribution in [1.29, 1.82) is 0 Å². The fourth-order valence-electron chi connectivity index (χ4n) is 3.02. The molecule has 0 bridgehead atoms. The lowest BCUT2D eigenvalue weighted by Crippen LogP contribution is -2.45. The first-order valence-electron chi connectivity index (χ1n) is 7.38. The van der Waals surface area contributed by atoms with Crippen molar-refractivity contribution in [3.05, 3.63) is 0 Å². The van der Waals surface area contributed by atoms with Crippen LogP contribution in [-0.4, -0.2) is 41.1 Å². The second-order valence-electron chi connectivity index (χ2n) is 5.81. The van der Waals surface area contributed by atoms with Gasteiger partial charge in [0.1, 0.15) is 0 Å². The normalized spacial score (nSPS) is 22.8. The highest BCUT2D eigenvalue weighted by atomic mass is 16.3. The van der Waals surface area contributed by atoms with Gasteiger partial charge in [0, 0.05) is 25.0 Å². The summed E-state index contributed by atoms with van der Waals surface area (Å²) in [6, 6.07) is 0.368. The Labute approximate surface area is 110 Å². The molecule has 2 rings (SSSR count). The van der Waals surface area contributed by atoms with E-state index >= 15 is 0 Å². The molecular formula is C14H26N2O2. The zero-order valence-corrected chi connectivity index (χ0v) is 11.2. The first kappa shape index (κ1) is 13.8. The SMILES string of the molecule is NC(CC(=O)N(CCO)C1CCCCC1)C1CC1. The summed E-state index contributed by atoms with van der Waals surface area (Å²) in [6.45, 7) is 0.530. The molecule has 104 valence electrons. The van der Waals surface area contributed by atoms with Crippen molar-refractivity contribution in [2.24, 2.45) is 11.7 Å². The van der Waals surface area contributed by atoms with Crippen molar-refractivity contribution in [2.75, 3.05) is 13.2 Å². The van der Waals surface area contributed by atoms with Gasteiger partial charge in [0.05, 0.1) is 6.61 Å². The number of amides is 1. The molecule has 1 amide bonds. The predicted molar refractivity (Wildman–Crippen MR) is 71.0 cm³/mol. The minimum atomic E-state index is 0.0299. The smallest absolute Gasteiger partial charge is 0.224 e. The van der Waals surface area contributed by atoms with Crippen LogP contribution in [0.2, 0.25) is 0 Å². The lowest BCUT2D eigenvalue weighted by Gasteiger charge is -2.34. The van der Waals surface area contributed by atoms with Crippen LogP contribution in [0, 0.1) is 5.92 Å². The van der Waals surface area contributed by atoms with E-state index in [-0.39, 0.29) is 18.6 Å². The van der Waals surface area contributed by atoms with Gasteiger partial charge in [0.2, 0.25) is 5.91 Å². The van der Waals surface area contributed by atoms with Crippen LogP contribution in [0.15, 0.2) is 0 Å². The van der Waals surface area contributed by atoms with Crippen LogP contribution in [0.5, 0.6) is 0 Å². The van der Waals surface area contributed by atoms with Gasteiger partial charge >= 0.3 is 0 Å². The molecule has 0 aromatic heterocycles. The van der Waals surface area contributed by atoms with Crippen LogP contribution in [0.1, 0.15) is 51.4 Å². The van der Waals surface area contributed by atoms with Crippen molar-refractivity contribution < 1.29 is 9.90 Å². The maximum atomic E-state index is 12.3. The molecule has 1 atom stereocenters. The molecule has 3 N–H and O–H groups in total. The monoisotopic (exact) mass is 254 g/mol. The van der Waals surface area contributed by atoms with Gasteiger partial charge in [-0.25, -0.2) is 0 Å². The average Bonchev–Trinajstić information content (AvgIpc) is 3.21. The Bertz CT molecular complexity index is 273. The summed E-state index contributed by atoms with van der Waals surface area (Å²) in [5, 5.41) is 9.15. The van der Waals surface area contributed by atoms with E-state index in [9.17, 15) is 4.79 Å². The van der Waals surface area contributed by atoms with Crippen molar-refractivity contribution in [3.8, 4) is 0 Å². The van der Waals surface area contributed by atoms with Gasteiger partial charge in [-0.15, -0.1) is 0 Å². The summed E-state index contributed by atoms with van der Waals surface area (Å²) in [6.07, 6.45) is 8.67. The number of aliphatic hydroxyl groups excluding tert-OH is 1. The Balaban J connectivity index is 1.87. The summed E-state index contributed by atoms with van der Waals surface area (Å²) in [5.74, 6) is 0.714. The first-order valence-corrected chi connectivity index (χ1v) is 7.38. The molecule has 1 unspecified atom stereocenters. The van der Waals surface area contributed by atoms with Gasteiger partial charge < -0.3 is 15.7 Å². The summed E-state index contributed by atoms with van der Waals surface area (Å²) in [4.78, 5) is 14.2. The first-order chi connectivity index (χ1) is 8.72. The van der Waals surface area contributed by atoms with Crippen LogP contribution in [0.4, 0.5) is 0 Å². The Morgan fingerprint density at radius 3 is 2.44 bits per heavy atom. The van der Waals surface area contributed by atoms with Gasteiger partial charge in [-0.3, -0.25) is 4.79 Å². The summed E-state index contributed by atoms with van der Waals surface area (Å²) < 4.78 is 0. The molecule has 4 heteroatoms. The van der Waals surface area contributed by atoms with Crippen LogP contribution in [-0.2, 0) is 4.79 Å². The quantitative estimate of drug-likeness (QED) is 0.750.